The highest BCUT2D eigenvalue weighted by Gasteiger charge is 2.28. The molecule has 1 aromatic carbocycles. The number of benzene rings is 1. The van der Waals surface area contributed by atoms with E-state index in [1.807, 2.05) is 35.2 Å². The summed E-state index contributed by atoms with van der Waals surface area (Å²) in [6, 6.07) is 10.0. The molecule has 0 radical (unpaired) electrons. The van der Waals surface area contributed by atoms with Gasteiger partial charge in [-0.05, 0) is 50.8 Å². The third-order valence-corrected chi connectivity index (χ3v) is 4.96. The normalized spacial score (nSPS) is 17.6. The summed E-state index contributed by atoms with van der Waals surface area (Å²) >= 11 is 0. The van der Waals surface area contributed by atoms with Crippen LogP contribution >= 0.6 is 0 Å². The molecule has 1 N–H and O–H groups in total. The molecule has 0 saturated carbocycles. The number of carbonyl (C=O) groups excluding carboxylic acids is 1. The van der Waals surface area contributed by atoms with Crippen molar-refractivity contribution in [3.05, 3.63) is 48.3 Å². The number of fused-ring (bicyclic) bond motifs is 1. The molecule has 0 bridgehead atoms. The first-order valence-corrected chi connectivity index (χ1v) is 8.47. The van der Waals surface area contributed by atoms with Gasteiger partial charge in [-0.3, -0.25) is 14.9 Å². The summed E-state index contributed by atoms with van der Waals surface area (Å²) in [4.78, 5) is 21.5. The first kappa shape index (κ1) is 15.8. The summed E-state index contributed by atoms with van der Waals surface area (Å²) in [5.41, 5.74) is 3.51. The van der Waals surface area contributed by atoms with Gasteiger partial charge in [0.05, 0.1) is 11.2 Å². The Balaban J connectivity index is 1.69. The number of nitrogens with one attached hydrogen (secondary N) is 1. The average Bonchev–Trinajstić information content (AvgIpc) is 3.32. The Morgan fingerprint density at radius 3 is 2.84 bits per heavy atom. The van der Waals surface area contributed by atoms with Gasteiger partial charge < -0.3 is 9.80 Å². The Morgan fingerprint density at radius 2 is 2.12 bits per heavy atom. The number of aromatic amines is 1. The van der Waals surface area contributed by atoms with Crippen molar-refractivity contribution in [3.63, 3.8) is 0 Å². The van der Waals surface area contributed by atoms with Crippen molar-refractivity contribution >= 4 is 16.8 Å². The fraction of sp³-hybridized carbons (Fsp3) is 0.316. The number of likely N-dealkylation sites (N-methyl/N-ethyl adjacent to an activating group) is 1. The molecule has 1 aliphatic rings. The van der Waals surface area contributed by atoms with E-state index in [4.69, 9.17) is 0 Å². The maximum atomic E-state index is 12.9. The molecule has 1 atom stereocenters. The Bertz CT molecular complexity index is 903. The number of pyridine rings is 1. The van der Waals surface area contributed by atoms with Crippen molar-refractivity contribution in [1.82, 2.24) is 25.0 Å². The lowest BCUT2D eigenvalue weighted by atomic mass is 10.0. The SMILES string of the molecule is CN(C)C1CCN(C(=O)c2ccc3nccc(-c4ccn[nH]4)c3c2)C1. The maximum Gasteiger partial charge on any atom is 0.253 e. The number of aromatic nitrogens is 3. The summed E-state index contributed by atoms with van der Waals surface area (Å²) in [5, 5.41) is 7.97. The molecule has 4 rings (SSSR count). The smallest absolute Gasteiger partial charge is 0.253 e. The second-order valence-corrected chi connectivity index (χ2v) is 6.72. The molecule has 0 aliphatic carbocycles. The second kappa shape index (κ2) is 6.29. The summed E-state index contributed by atoms with van der Waals surface area (Å²) in [6.07, 6.45) is 4.53. The quantitative estimate of drug-likeness (QED) is 0.798. The van der Waals surface area contributed by atoms with Gasteiger partial charge in [-0.15, -0.1) is 0 Å². The summed E-state index contributed by atoms with van der Waals surface area (Å²) < 4.78 is 0. The van der Waals surface area contributed by atoms with Crippen molar-refractivity contribution in [1.29, 1.82) is 0 Å². The largest absolute Gasteiger partial charge is 0.337 e. The Hall–Kier alpha value is -2.73. The van der Waals surface area contributed by atoms with Crippen LogP contribution in [-0.2, 0) is 0 Å². The predicted molar refractivity (Wildman–Crippen MR) is 97.3 cm³/mol. The molecule has 2 aromatic heterocycles. The summed E-state index contributed by atoms with van der Waals surface area (Å²) in [5.74, 6) is 0.0886. The van der Waals surface area contributed by atoms with Crippen LogP contribution in [0.3, 0.4) is 0 Å². The third-order valence-electron chi connectivity index (χ3n) is 4.96. The molecule has 128 valence electrons. The minimum absolute atomic E-state index is 0.0886. The second-order valence-electron chi connectivity index (χ2n) is 6.72. The van der Waals surface area contributed by atoms with Gasteiger partial charge in [0.1, 0.15) is 0 Å². The molecule has 3 heterocycles. The molecule has 1 unspecified atom stereocenters. The number of likely N-dealkylation sites (tertiary alicyclic amines) is 1. The monoisotopic (exact) mass is 335 g/mol. The molecular formula is C19H21N5O. The molecule has 6 heteroatoms. The topological polar surface area (TPSA) is 65.1 Å². The number of H-pyrrole nitrogens is 1. The highest BCUT2D eigenvalue weighted by Crippen LogP contribution is 2.27. The molecule has 25 heavy (non-hydrogen) atoms. The van der Waals surface area contributed by atoms with E-state index in [1.54, 1.807) is 12.4 Å². The molecule has 3 aromatic rings. The highest BCUT2D eigenvalue weighted by molar-refractivity contribution is 6.01. The van der Waals surface area contributed by atoms with Gasteiger partial charge in [-0.1, -0.05) is 0 Å². The van der Waals surface area contributed by atoms with Gasteiger partial charge in [-0.25, -0.2) is 0 Å². The van der Waals surface area contributed by atoms with Crippen molar-refractivity contribution in [2.75, 3.05) is 27.2 Å². The lowest BCUT2D eigenvalue weighted by Gasteiger charge is -2.20. The average molecular weight is 335 g/mol. The lowest BCUT2D eigenvalue weighted by molar-refractivity contribution is 0.0783. The highest BCUT2D eigenvalue weighted by atomic mass is 16.2. The van der Waals surface area contributed by atoms with Crippen LogP contribution in [0.4, 0.5) is 0 Å². The van der Waals surface area contributed by atoms with Crippen LogP contribution in [0, 0.1) is 0 Å². The first-order valence-electron chi connectivity index (χ1n) is 8.47. The number of rotatable bonds is 3. The van der Waals surface area contributed by atoms with Crippen molar-refractivity contribution in [2.45, 2.75) is 12.5 Å². The predicted octanol–water partition coefficient (Wildman–Crippen LogP) is 2.40. The van der Waals surface area contributed by atoms with E-state index in [0.717, 1.165) is 41.7 Å². The number of amides is 1. The first-order chi connectivity index (χ1) is 12.1. The molecule has 6 nitrogen and oxygen atoms in total. The minimum atomic E-state index is 0.0886. The molecular weight excluding hydrogens is 314 g/mol. The van der Waals surface area contributed by atoms with E-state index in [0.29, 0.717) is 11.6 Å². The zero-order chi connectivity index (χ0) is 17.4. The van der Waals surface area contributed by atoms with Crippen molar-refractivity contribution in [3.8, 4) is 11.3 Å². The zero-order valence-corrected chi connectivity index (χ0v) is 14.4. The number of carbonyl (C=O) groups is 1. The van der Waals surface area contributed by atoms with E-state index in [9.17, 15) is 4.79 Å². The number of hydrogen-bond donors (Lipinski definition) is 1. The van der Waals surface area contributed by atoms with Crippen LogP contribution in [-0.4, -0.2) is 64.1 Å². The van der Waals surface area contributed by atoms with E-state index in [1.165, 1.54) is 0 Å². The Labute approximate surface area is 146 Å². The van der Waals surface area contributed by atoms with Crippen LogP contribution in [0.2, 0.25) is 0 Å². The van der Waals surface area contributed by atoms with Gasteiger partial charge in [0.15, 0.2) is 0 Å². The minimum Gasteiger partial charge on any atom is -0.337 e. The third kappa shape index (κ3) is 2.89. The fourth-order valence-corrected chi connectivity index (χ4v) is 3.45. The molecule has 1 aliphatic heterocycles. The summed E-state index contributed by atoms with van der Waals surface area (Å²) in [6.45, 7) is 1.59. The zero-order valence-electron chi connectivity index (χ0n) is 14.4. The number of nitrogens with zero attached hydrogens (tertiary/aromatic N) is 4. The van der Waals surface area contributed by atoms with E-state index in [2.05, 4.69) is 34.2 Å². The fourth-order valence-electron chi connectivity index (χ4n) is 3.45. The Morgan fingerprint density at radius 1 is 1.24 bits per heavy atom. The molecule has 0 spiro atoms. The van der Waals surface area contributed by atoms with Crippen LogP contribution in [0.25, 0.3) is 22.2 Å². The van der Waals surface area contributed by atoms with Gasteiger partial charge in [-0.2, -0.15) is 5.10 Å². The maximum absolute atomic E-state index is 12.9. The van der Waals surface area contributed by atoms with Crippen molar-refractivity contribution in [2.24, 2.45) is 0 Å². The molecule has 1 saturated heterocycles. The van der Waals surface area contributed by atoms with Gasteiger partial charge in [0.25, 0.3) is 5.91 Å². The van der Waals surface area contributed by atoms with Gasteiger partial charge in [0, 0.05) is 48.0 Å². The Kier molecular flexibility index (Phi) is 3.97. The van der Waals surface area contributed by atoms with Gasteiger partial charge >= 0.3 is 0 Å². The molecule has 1 amide bonds. The van der Waals surface area contributed by atoms with Crippen LogP contribution in [0.5, 0.6) is 0 Å². The van der Waals surface area contributed by atoms with Crippen LogP contribution in [0.1, 0.15) is 16.8 Å². The van der Waals surface area contributed by atoms with Crippen LogP contribution in [0.15, 0.2) is 42.7 Å². The summed E-state index contributed by atoms with van der Waals surface area (Å²) in [7, 11) is 4.13. The van der Waals surface area contributed by atoms with E-state index >= 15 is 0 Å². The van der Waals surface area contributed by atoms with Gasteiger partial charge in [0.2, 0.25) is 0 Å². The van der Waals surface area contributed by atoms with E-state index in [-0.39, 0.29) is 5.91 Å². The number of hydrogen-bond acceptors (Lipinski definition) is 4. The molecule has 1 fully saturated rings. The van der Waals surface area contributed by atoms with Crippen LogP contribution < -0.4 is 0 Å². The standard InChI is InChI=1S/C19H21N5O/c1-23(2)14-7-10-24(12-14)19(25)13-3-4-17-16(11-13)15(5-8-20-17)18-6-9-21-22-18/h3-6,8-9,11,14H,7,10,12H2,1-2H3,(H,21,22). The van der Waals surface area contributed by atoms with Crippen molar-refractivity contribution < 1.29 is 4.79 Å². The lowest BCUT2D eigenvalue weighted by Crippen LogP contribution is -2.34. The van der Waals surface area contributed by atoms with E-state index < -0.39 is 0 Å².